The Labute approximate surface area is 142 Å². The third kappa shape index (κ3) is 3.11. The largest absolute Gasteiger partial charge is 0.360 e. The number of nitrogens with zero attached hydrogens (tertiary/aromatic N) is 3. The van der Waals surface area contributed by atoms with E-state index in [2.05, 4.69) is 10.5 Å². The maximum Gasteiger partial charge on any atom is 0.255 e. The van der Waals surface area contributed by atoms with Gasteiger partial charge in [-0.1, -0.05) is 5.16 Å². The van der Waals surface area contributed by atoms with E-state index in [0.717, 1.165) is 54.6 Å². The van der Waals surface area contributed by atoms with E-state index in [1.54, 1.807) is 0 Å². The summed E-state index contributed by atoms with van der Waals surface area (Å²) >= 11 is 0. The van der Waals surface area contributed by atoms with Gasteiger partial charge in [-0.05, 0) is 59.2 Å². The molecule has 0 radical (unpaired) electrons. The van der Waals surface area contributed by atoms with Gasteiger partial charge in [0.25, 0.3) is 5.91 Å². The number of aryl methyl sites for hydroxylation is 2. The maximum atomic E-state index is 13.0. The lowest BCUT2D eigenvalue weighted by Gasteiger charge is -2.32. The summed E-state index contributed by atoms with van der Waals surface area (Å²) in [6.45, 7) is 8.46. The molecule has 24 heavy (non-hydrogen) atoms. The second kappa shape index (κ2) is 6.81. The molecule has 1 N–H and O–H groups in total. The molecule has 3 rings (SSSR count). The highest BCUT2D eigenvalue weighted by Crippen LogP contribution is 2.24. The van der Waals surface area contributed by atoms with Gasteiger partial charge >= 0.3 is 0 Å². The number of carbonyl (C=O) groups excluding carboxylic acids is 1. The predicted octanol–water partition coefficient (Wildman–Crippen LogP) is 2.46. The van der Waals surface area contributed by atoms with E-state index < -0.39 is 0 Å². The summed E-state index contributed by atoms with van der Waals surface area (Å²) in [5.41, 5.74) is 2.67. The molecule has 130 valence electrons. The Hall–Kier alpha value is -2.08. The zero-order valence-electron chi connectivity index (χ0n) is 14.9. The Bertz CT molecular complexity index is 729. The summed E-state index contributed by atoms with van der Waals surface area (Å²) < 4.78 is 7.17. The molecule has 0 aromatic carbocycles. The molecule has 1 fully saturated rings. The van der Waals surface area contributed by atoms with Crippen LogP contribution in [-0.4, -0.2) is 47.2 Å². The van der Waals surface area contributed by atoms with E-state index in [1.807, 2.05) is 49.4 Å². The molecule has 1 atom stereocenters. The molecule has 6 nitrogen and oxygen atoms in total. The molecule has 1 amide bonds. The lowest BCUT2D eigenvalue weighted by Crippen LogP contribution is -2.42. The van der Waals surface area contributed by atoms with Gasteiger partial charge in [0, 0.05) is 30.5 Å². The first-order chi connectivity index (χ1) is 11.5. The van der Waals surface area contributed by atoms with Crippen LogP contribution in [0.1, 0.15) is 40.3 Å². The molecular formula is C18H26N4O2. The van der Waals surface area contributed by atoms with E-state index >= 15 is 0 Å². The Balaban J connectivity index is 1.86. The third-order valence-corrected chi connectivity index (χ3v) is 4.81. The minimum Gasteiger partial charge on any atom is -0.360 e. The molecule has 1 aliphatic rings. The van der Waals surface area contributed by atoms with Crippen molar-refractivity contribution >= 4 is 5.91 Å². The minimum atomic E-state index is 0.121. The van der Waals surface area contributed by atoms with Crippen molar-refractivity contribution in [1.29, 1.82) is 0 Å². The van der Waals surface area contributed by atoms with Crippen molar-refractivity contribution < 1.29 is 9.32 Å². The molecule has 1 aliphatic heterocycles. The topological polar surface area (TPSA) is 63.3 Å². The van der Waals surface area contributed by atoms with Crippen LogP contribution in [0.3, 0.4) is 0 Å². The average molecular weight is 330 g/mol. The summed E-state index contributed by atoms with van der Waals surface area (Å²) in [5, 5.41) is 7.31. The summed E-state index contributed by atoms with van der Waals surface area (Å²) in [6, 6.07) is 3.85. The van der Waals surface area contributed by atoms with Gasteiger partial charge in [-0.25, -0.2) is 0 Å². The lowest BCUT2D eigenvalue weighted by molar-refractivity contribution is 0.0673. The normalized spacial score (nSPS) is 18.2. The van der Waals surface area contributed by atoms with Crippen LogP contribution in [0.15, 0.2) is 16.7 Å². The Kier molecular flexibility index (Phi) is 4.76. The number of nitrogens with one attached hydrogen (secondary N) is 1. The highest BCUT2D eigenvalue weighted by Gasteiger charge is 2.27. The van der Waals surface area contributed by atoms with Crippen molar-refractivity contribution in [3.8, 4) is 5.82 Å². The van der Waals surface area contributed by atoms with Crippen LogP contribution >= 0.6 is 0 Å². The Morgan fingerprint density at radius 2 is 2.17 bits per heavy atom. The summed E-state index contributed by atoms with van der Waals surface area (Å²) in [5.74, 6) is 2.15. The van der Waals surface area contributed by atoms with Crippen molar-refractivity contribution in [3.05, 3.63) is 34.8 Å². The number of likely N-dealkylation sites (tertiary alicyclic amines) is 1. The number of carbonyl (C=O) groups is 1. The van der Waals surface area contributed by atoms with Gasteiger partial charge in [-0.3, -0.25) is 9.36 Å². The van der Waals surface area contributed by atoms with E-state index in [0.29, 0.717) is 5.92 Å². The number of amides is 1. The van der Waals surface area contributed by atoms with Crippen LogP contribution < -0.4 is 5.32 Å². The standard InChI is InChI=1S/C18H26N4O2/c1-12-8-16(14(3)22(12)17-9-13(2)24-20-17)18(23)21-7-5-6-15(11-21)10-19-4/h8-9,15,19H,5-7,10-11H2,1-4H3/t15-/m0/s1. The molecule has 0 unspecified atom stereocenters. The highest BCUT2D eigenvalue weighted by atomic mass is 16.5. The van der Waals surface area contributed by atoms with E-state index in [-0.39, 0.29) is 5.91 Å². The zero-order valence-corrected chi connectivity index (χ0v) is 14.9. The van der Waals surface area contributed by atoms with Gasteiger partial charge in [-0.15, -0.1) is 0 Å². The monoisotopic (exact) mass is 330 g/mol. The molecular weight excluding hydrogens is 304 g/mol. The summed E-state index contributed by atoms with van der Waals surface area (Å²) in [7, 11) is 1.97. The van der Waals surface area contributed by atoms with Crippen LogP contribution in [0.2, 0.25) is 0 Å². The third-order valence-electron chi connectivity index (χ3n) is 4.81. The van der Waals surface area contributed by atoms with Gasteiger partial charge in [0.15, 0.2) is 5.82 Å². The average Bonchev–Trinajstić information content (AvgIpc) is 3.10. The number of rotatable bonds is 4. The van der Waals surface area contributed by atoms with Crippen molar-refractivity contribution in [2.24, 2.45) is 5.92 Å². The Morgan fingerprint density at radius 3 is 2.83 bits per heavy atom. The number of aromatic nitrogens is 2. The van der Waals surface area contributed by atoms with E-state index in [4.69, 9.17) is 4.52 Å². The van der Waals surface area contributed by atoms with E-state index in [1.165, 1.54) is 6.42 Å². The fourth-order valence-electron chi connectivity index (χ4n) is 3.67. The quantitative estimate of drug-likeness (QED) is 0.935. The lowest BCUT2D eigenvalue weighted by atomic mass is 9.97. The molecule has 2 aromatic heterocycles. The molecule has 0 bridgehead atoms. The van der Waals surface area contributed by atoms with Gasteiger partial charge in [0.1, 0.15) is 5.76 Å². The van der Waals surface area contributed by atoms with Crippen molar-refractivity contribution in [1.82, 2.24) is 19.9 Å². The first-order valence-corrected chi connectivity index (χ1v) is 8.57. The molecule has 1 saturated heterocycles. The van der Waals surface area contributed by atoms with Crippen LogP contribution in [-0.2, 0) is 0 Å². The van der Waals surface area contributed by atoms with Crippen molar-refractivity contribution in [3.63, 3.8) is 0 Å². The van der Waals surface area contributed by atoms with Crippen LogP contribution in [0.5, 0.6) is 0 Å². The smallest absolute Gasteiger partial charge is 0.255 e. The van der Waals surface area contributed by atoms with E-state index in [9.17, 15) is 4.79 Å². The minimum absolute atomic E-state index is 0.121. The van der Waals surface area contributed by atoms with Crippen molar-refractivity contribution in [2.45, 2.75) is 33.6 Å². The van der Waals surface area contributed by atoms with Gasteiger partial charge in [0.05, 0.1) is 5.56 Å². The number of hydrogen-bond acceptors (Lipinski definition) is 4. The number of piperidine rings is 1. The summed E-state index contributed by atoms with van der Waals surface area (Å²) in [4.78, 5) is 15.0. The number of hydrogen-bond donors (Lipinski definition) is 1. The molecule has 0 saturated carbocycles. The first kappa shape index (κ1) is 16.8. The second-order valence-corrected chi connectivity index (χ2v) is 6.73. The fraction of sp³-hybridized carbons (Fsp3) is 0.556. The Morgan fingerprint density at radius 1 is 1.38 bits per heavy atom. The molecule has 0 spiro atoms. The fourth-order valence-corrected chi connectivity index (χ4v) is 3.67. The van der Waals surface area contributed by atoms with Crippen LogP contribution in [0.25, 0.3) is 5.82 Å². The molecule has 6 heteroatoms. The predicted molar refractivity (Wildman–Crippen MR) is 92.6 cm³/mol. The maximum absolute atomic E-state index is 13.0. The molecule has 0 aliphatic carbocycles. The van der Waals surface area contributed by atoms with Crippen LogP contribution in [0.4, 0.5) is 0 Å². The van der Waals surface area contributed by atoms with Gasteiger partial charge < -0.3 is 14.7 Å². The SMILES string of the molecule is CNC[C@@H]1CCCN(C(=O)c2cc(C)n(-c3cc(C)on3)c2C)C1. The zero-order chi connectivity index (χ0) is 17.3. The molecule has 2 aromatic rings. The van der Waals surface area contributed by atoms with Gasteiger partial charge in [0.2, 0.25) is 0 Å². The highest BCUT2D eigenvalue weighted by molar-refractivity contribution is 5.96. The first-order valence-electron chi connectivity index (χ1n) is 8.57. The van der Waals surface area contributed by atoms with Gasteiger partial charge in [-0.2, -0.15) is 0 Å². The van der Waals surface area contributed by atoms with Crippen molar-refractivity contribution in [2.75, 3.05) is 26.7 Å². The molecule has 3 heterocycles. The van der Waals surface area contributed by atoms with Crippen LogP contribution in [0, 0.1) is 26.7 Å². The summed E-state index contributed by atoms with van der Waals surface area (Å²) in [6.07, 6.45) is 2.25. The second-order valence-electron chi connectivity index (χ2n) is 6.73.